The second-order valence-corrected chi connectivity index (χ2v) is 2.50. The van der Waals surface area contributed by atoms with Gasteiger partial charge in [-0.25, -0.2) is 0 Å². The van der Waals surface area contributed by atoms with Gasteiger partial charge in [0.1, 0.15) is 0 Å². The third-order valence-corrected chi connectivity index (χ3v) is 1.77. The van der Waals surface area contributed by atoms with E-state index in [0.29, 0.717) is 0 Å². The van der Waals surface area contributed by atoms with E-state index in [1.807, 2.05) is 26.0 Å². The molecule has 1 heterocycles. The molecule has 0 spiro atoms. The third kappa shape index (κ3) is 0.533. The molecule has 2 nitrogen and oxygen atoms in total. The van der Waals surface area contributed by atoms with Crippen molar-refractivity contribution < 1.29 is 9.78 Å². The molecule has 10 heavy (non-hydrogen) atoms. The summed E-state index contributed by atoms with van der Waals surface area (Å²) in [4.78, 5) is 9.84. The highest BCUT2D eigenvalue weighted by atomic mass is 17.2. The monoisotopic (exact) mass is 136 g/mol. The molecule has 0 aliphatic carbocycles. The lowest BCUT2D eigenvalue weighted by Gasteiger charge is -1.93. The maximum atomic E-state index is 4.94. The predicted octanol–water partition coefficient (Wildman–Crippen LogP) is 1.99. The van der Waals surface area contributed by atoms with Crippen LogP contribution in [0.5, 0.6) is 11.5 Å². The first-order valence-electron chi connectivity index (χ1n) is 3.24. The molecule has 0 N–H and O–H groups in total. The van der Waals surface area contributed by atoms with E-state index >= 15 is 0 Å². The Morgan fingerprint density at radius 1 is 1.10 bits per heavy atom. The van der Waals surface area contributed by atoms with E-state index in [-0.39, 0.29) is 0 Å². The maximum absolute atomic E-state index is 4.94. The largest absolute Gasteiger partial charge is 0.290 e. The minimum absolute atomic E-state index is 0.834. The lowest BCUT2D eigenvalue weighted by Crippen LogP contribution is -1.91. The lowest BCUT2D eigenvalue weighted by molar-refractivity contribution is -0.0851. The highest BCUT2D eigenvalue weighted by Crippen LogP contribution is 2.36. The van der Waals surface area contributed by atoms with Crippen molar-refractivity contribution in [3.8, 4) is 11.5 Å². The van der Waals surface area contributed by atoms with Gasteiger partial charge in [-0.2, -0.15) is 0 Å². The molecule has 1 aromatic rings. The van der Waals surface area contributed by atoms with Crippen LogP contribution in [0, 0.1) is 13.8 Å². The summed E-state index contributed by atoms with van der Waals surface area (Å²) >= 11 is 0. The predicted molar refractivity (Wildman–Crippen MR) is 37.2 cm³/mol. The number of fused-ring (bicyclic) bond motifs is 2. The molecule has 2 rings (SSSR count). The lowest BCUT2D eigenvalue weighted by atomic mass is 10.1. The van der Waals surface area contributed by atoms with Gasteiger partial charge in [0.2, 0.25) is 0 Å². The fraction of sp³-hybridized carbons (Fsp3) is 0.250. The molecule has 0 saturated heterocycles. The molecule has 1 aliphatic rings. The van der Waals surface area contributed by atoms with Crippen molar-refractivity contribution in [3.05, 3.63) is 23.3 Å². The second kappa shape index (κ2) is 1.66. The molecule has 0 radical (unpaired) electrons. The smallest absolute Gasteiger partial charge is 0.188 e. The topological polar surface area (TPSA) is 18.5 Å². The molecule has 2 bridgehead atoms. The molecule has 0 fully saturated rings. The van der Waals surface area contributed by atoms with E-state index < -0.39 is 0 Å². The van der Waals surface area contributed by atoms with Gasteiger partial charge in [-0.15, -0.1) is 0 Å². The summed E-state index contributed by atoms with van der Waals surface area (Å²) in [6.07, 6.45) is 0. The van der Waals surface area contributed by atoms with Gasteiger partial charge in [-0.05, 0) is 25.5 Å². The Hall–Kier alpha value is -1.18. The number of benzene rings is 1. The number of hydrogen-bond acceptors (Lipinski definition) is 2. The Labute approximate surface area is 59.3 Å². The molecule has 0 atom stereocenters. The fourth-order valence-corrected chi connectivity index (χ4v) is 1.11. The van der Waals surface area contributed by atoms with Gasteiger partial charge < -0.3 is 0 Å². The summed E-state index contributed by atoms with van der Waals surface area (Å²) in [6, 6.07) is 3.91. The summed E-state index contributed by atoms with van der Waals surface area (Å²) in [6.45, 7) is 3.99. The van der Waals surface area contributed by atoms with E-state index in [9.17, 15) is 0 Å². The first-order chi connectivity index (χ1) is 4.79. The normalized spacial score (nSPS) is 12.6. The van der Waals surface area contributed by atoms with Crippen LogP contribution in [0.2, 0.25) is 0 Å². The Morgan fingerprint density at radius 3 is 2.60 bits per heavy atom. The summed E-state index contributed by atoms with van der Waals surface area (Å²) in [5, 5.41) is 0. The van der Waals surface area contributed by atoms with Crippen LogP contribution in [0.25, 0.3) is 0 Å². The Balaban J connectivity index is 2.73. The molecule has 0 amide bonds. The number of hydrogen-bond donors (Lipinski definition) is 0. The standard InChI is InChI=1S/C8H8O2/c1-5-3-4-7-6(2)8(5)10-9-7/h3-4H,1-2H3. The van der Waals surface area contributed by atoms with Crippen LogP contribution in [0.15, 0.2) is 12.1 Å². The van der Waals surface area contributed by atoms with Gasteiger partial charge in [0.05, 0.1) is 0 Å². The molecule has 0 unspecified atom stereocenters. The van der Waals surface area contributed by atoms with E-state index in [1.165, 1.54) is 0 Å². The van der Waals surface area contributed by atoms with Gasteiger partial charge in [-0.3, -0.25) is 9.78 Å². The molecular weight excluding hydrogens is 128 g/mol. The van der Waals surface area contributed by atoms with Crippen LogP contribution in [-0.4, -0.2) is 0 Å². The SMILES string of the molecule is Cc1ccc2c(C)c1OO2. The van der Waals surface area contributed by atoms with E-state index in [1.54, 1.807) is 0 Å². The minimum Gasteiger partial charge on any atom is -0.290 e. The van der Waals surface area contributed by atoms with Crippen molar-refractivity contribution in [2.75, 3.05) is 0 Å². The summed E-state index contributed by atoms with van der Waals surface area (Å²) in [5.41, 5.74) is 2.22. The Bertz CT molecular complexity index is 279. The average molecular weight is 136 g/mol. The van der Waals surface area contributed by atoms with Crippen molar-refractivity contribution in [2.45, 2.75) is 13.8 Å². The summed E-state index contributed by atoms with van der Waals surface area (Å²) in [5.74, 6) is 1.71. The quantitative estimate of drug-likeness (QED) is 0.508. The van der Waals surface area contributed by atoms with E-state index in [4.69, 9.17) is 9.78 Å². The molecule has 2 heteroatoms. The highest BCUT2D eigenvalue weighted by molar-refractivity contribution is 5.50. The first-order valence-corrected chi connectivity index (χ1v) is 3.24. The zero-order valence-corrected chi connectivity index (χ0v) is 5.97. The first kappa shape index (κ1) is 5.59. The molecule has 1 aliphatic heterocycles. The second-order valence-electron chi connectivity index (χ2n) is 2.50. The number of aryl methyl sites for hydroxylation is 1. The van der Waals surface area contributed by atoms with Gasteiger partial charge in [0, 0.05) is 5.56 Å². The van der Waals surface area contributed by atoms with Gasteiger partial charge in [-0.1, -0.05) is 6.07 Å². The van der Waals surface area contributed by atoms with Crippen molar-refractivity contribution >= 4 is 0 Å². The number of rotatable bonds is 0. The zero-order valence-electron chi connectivity index (χ0n) is 5.97. The van der Waals surface area contributed by atoms with Crippen molar-refractivity contribution in [1.82, 2.24) is 0 Å². The van der Waals surface area contributed by atoms with Gasteiger partial charge in [0.25, 0.3) is 0 Å². The van der Waals surface area contributed by atoms with E-state index in [0.717, 1.165) is 22.6 Å². The van der Waals surface area contributed by atoms with Gasteiger partial charge in [0.15, 0.2) is 11.5 Å². The van der Waals surface area contributed by atoms with Gasteiger partial charge >= 0.3 is 0 Å². The molecule has 0 aromatic heterocycles. The molecular formula is C8H8O2. The molecule has 52 valence electrons. The third-order valence-electron chi connectivity index (χ3n) is 1.77. The van der Waals surface area contributed by atoms with Crippen molar-refractivity contribution in [3.63, 3.8) is 0 Å². The summed E-state index contributed by atoms with van der Waals surface area (Å²) in [7, 11) is 0. The van der Waals surface area contributed by atoms with Crippen LogP contribution in [0.4, 0.5) is 0 Å². The molecule has 1 aromatic carbocycles. The van der Waals surface area contributed by atoms with Crippen LogP contribution >= 0.6 is 0 Å². The van der Waals surface area contributed by atoms with Crippen LogP contribution in [0.1, 0.15) is 11.1 Å². The van der Waals surface area contributed by atoms with Crippen molar-refractivity contribution in [1.29, 1.82) is 0 Å². The average Bonchev–Trinajstić information content (AvgIpc) is 2.13. The minimum atomic E-state index is 0.834. The molecule has 0 saturated carbocycles. The van der Waals surface area contributed by atoms with Crippen LogP contribution < -0.4 is 9.78 Å². The highest BCUT2D eigenvalue weighted by Gasteiger charge is 2.18. The van der Waals surface area contributed by atoms with Crippen molar-refractivity contribution in [2.24, 2.45) is 0 Å². The Kier molecular flexibility index (Phi) is 0.926. The summed E-state index contributed by atoms with van der Waals surface area (Å²) < 4.78 is 0. The fourth-order valence-electron chi connectivity index (χ4n) is 1.11. The van der Waals surface area contributed by atoms with E-state index in [2.05, 4.69) is 0 Å². The maximum Gasteiger partial charge on any atom is 0.188 e. The van der Waals surface area contributed by atoms with Crippen LogP contribution in [-0.2, 0) is 0 Å². The Morgan fingerprint density at radius 2 is 1.90 bits per heavy atom. The zero-order chi connectivity index (χ0) is 7.14. The van der Waals surface area contributed by atoms with Crippen LogP contribution in [0.3, 0.4) is 0 Å².